The molecule has 136 valence electrons. The fraction of sp³-hybridized carbons (Fsp3) is 0.400. The van der Waals surface area contributed by atoms with Gasteiger partial charge in [-0.3, -0.25) is 19.6 Å². The molecule has 0 bridgehead atoms. The fourth-order valence-electron chi connectivity index (χ4n) is 3.58. The molecule has 0 aliphatic carbocycles. The van der Waals surface area contributed by atoms with E-state index in [4.69, 9.17) is 0 Å². The Morgan fingerprint density at radius 2 is 2.04 bits per heavy atom. The number of aryl methyl sites for hydroxylation is 1. The minimum absolute atomic E-state index is 0.0391. The van der Waals surface area contributed by atoms with Crippen molar-refractivity contribution in [2.75, 3.05) is 6.54 Å². The second-order valence-electron chi connectivity index (χ2n) is 6.54. The van der Waals surface area contributed by atoms with E-state index in [0.717, 1.165) is 16.8 Å². The fourth-order valence-corrected chi connectivity index (χ4v) is 3.58. The average molecular weight is 352 g/mol. The summed E-state index contributed by atoms with van der Waals surface area (Å²) in [5, 5.41) is 3.01. The summed E-state index contributed by atoms with van der Waals surface area (Å²) in [6, 6.07) is 7.37. The summed E-state index contributed by atoms with van der Waals surface area (Å²) < 4.78 is 0. The Bertz CT molecular complexity index is 778. The van der Waals surface area contributed by atoms with Crippen LogP contribution in [-0.4, -0.2) is 33.2 Å². The van der Waals surface area contributed by atoms with Crippen LogP contribution in [0.5, 0.6) is 0 Å². The molecule has 3 rings (SSSR count). The topological polar surface area (TPSA) is 75.2 Å². The maximum Gasteiger partial charge on any atom is 0.225 e. The van der Waals surface area contributed by atoms with Crippen LogP contribution in [0, 0.1) is 12.8 Å². The summed E-state index contributed by atoms with van der Waals surface area (Å²) in [5.41, 5.74) is 2.86. The SMILES string of the molecule is CCN1C(=O)CC[C@H](C(=O)NCc2ncccc2C)[C@H]1c1ccncc1. The summed E-state index contributed by atoms with van der Waals surface area (Å²) in [7, 11) is 0. The number of hydrogen-bond acceptors (Lipinski definition) is 4. The highest BCUT2D eigenvalue weighted by Gasteiger charge is 2.39. The molecule has 0 saturated carbocycles. The lowest BCUT2D eigenvalue weighted by Gasteiger charge is -2.40. The molecule has 0 aromatic carbocycles. The summed E-state index contributed by atoms with van der Waals surface area (Å²) >= 11 is 0. The van der Waals surface area contributed by atoms with Gasteiger partial charge in [-0.1, -0.05) is 6.07 Å². The Balaban J connectivity index is 1.80. The molecule has 0 unspecified atom stereocenters. The van der Waals surface area contributed by atoms with E-state index in [1.165, 1.54) is 0 Å². The first-order valence-corrected chi connectivity index (χ1v) is 8.99. The molecule has 1 fully saturated rings. The van der Waals surface area contributed by atoms with Crippen molar-refractivity contribution in [1.82, 2.24) is 20.2 Å². The lowest BCUT2D eigenvalue weighted by atomic mass is 9.84. The van der Waals surface area contributed by atoms with Gasteiger partial charge in [0.2, 0.25) is 11.8 Å². The van der Waals surface area contributed by atoms with Gasteiger partial charge in [-0.05, 0) is 49.6 Å². The van der Waals surface area contributed by atoms with Crippen molar-refractivity contribution in [2.45, 2.75) is 39.3 Å². The maximum absolute atomic E-state index is 12.9. The zero-order valence-corrected chi connectivity index (χ0v) is 15.2. The van der Waals surface area contributed by atoms with E-state index in [-0.39, 0.29) is 23.8 Å². The summed E-state index contributed by atoms with van der Waals surface area (Å²) in [5.74, 6) is -0.221. The molecule has 1 saturated heterocycles. The van der Waals surface area contributed by atoms with Crippen LogP contribution < -0.4 is 5.32 Å². The van der Waals surface area contributed by atoms with Crippen molar-refractivity contribution in [3.05, 3.63) is 59.7 Å². The first-order valence-electron chi connectivity index (χ1n) is 8.99. The van der Waals surface area contributed by atoms with Crippen molar-refractivity contribution < 1.29 is 9.59 Å². The second kappa shape index (κ2) is 8.08. The van der Waals surface area contributed by atoms with Crippen molar-refractivity contribution in [3.8, 4) is 0 Å². The van der Waals surface area contributed by atoms with Crippen molar-refractivity contribution in [2.24, 2.45) is 5.92 Å². The predicted molar refractivity (Wildman–Crippen MR) is 97.9 cm³/mol. The summed E-state index contributed by atoms with van der Waals surface area (Å²) in [6.45, 7) is 4.90. The molecule has 2 aromatic rings. The molecule has 6 nitrogen and oxygen atoms in total. The average Bonchev–Trinajstić information content (AvgIpc) is 2.67. The van der Waals surface area contributed by atoms with Gasteiger partial charge in [0.05, 0.1) is 24.2 Å². The summed E-state index contributed by atoms with van der Waals surface area (Å²) in [4.78, 5) is 35.5. The van der Waals surface area contributed by atoms with E-state index < -0.39 is 0 Å². The smallest absolute Gasteiger partial charge is 0.225 e. The molecule has 2 aromatic heterocycles. The molecular weight excluding hydrogens is 328 g/mol. The highest BCUT2D eigenvalue weighted by atomic mass is 16.2. The normalized spacial score (nSPS) is 20.1. The van der Waals surface area contributed by atoms with Crippen LogP contribution >= 0.6 is 0 Å². The molecule has 2 atom stereocenters. The highest BCUT2D eigenvalue weighted by Crippen LogP contribution is 2.36. The van der Waals surface area contributed by atoms with Gasteiger partial charge in [0.25, 0.3) is 0 Å². The molecular formula is C20H24N4O2. The van der Waals surface area contributed by atoms with Gasteiger partial charge in [0, 0.05) is 31.6 Å². The monoisotopic (exact) mass is 352 g/mol. The molecule has 0 spiro atoms. The molecule has 1 aliphatic heterocycles. The van der Waals surface area contributed by atoms with E-state index in [9.17, 15) is 9.59 Å². The third kappa shape index (κ3) is 3.74. The van der Waals surface area contributed by atoms with E-state index in [1.54, 1.807) is 23.5 Å². The molecule has 6 heteroatoms. The van der Waals surface area contributed by atoms with Crippen LogP contribution in [0.4, 0.5) is 0 Å². The molecule has 0 radical (unpaired) electrons. The lowest BCUT2D eigenvalue weighted by molar-refractivity contribution is -0.143. The zero-order chi connectivity index (χ0) is 18.5. The Kier molecular flexibility index (Phi) is 5.61. The number of carbonyl (C=O) groups is 2. The Morgan fingerprint density at radius 1 is 1.27 bits per heavy atom. The van der Waals surface area contributed by atoms with Gasteiger partial charge in [0.1, 0.15) is 0 Å². The van der Waals surface area contributed by atoms with Gasteiger partial charge in [-0.15, -0.1) is 0 Å². The van der Waals surface area contributed by atoms with Gasteiger partial charge >= 0.3 is 0 Å². The first kappa shape index (κ1) is 18.0. The number of aromatic nitrogens is 2. The van der Waals surface area contributed by atoms with E-state index in [2.05, 4.69) is 15.3 Å². The summed E-state index contributed by atoms with van der Waals surface area (Å²) in [6.07, 6.45) is 6.08. The highest BCUT2D eigenvalue weighted by molar-refractivity contribution is 5.85. The van der Waals surface area contributed by atoms with Gasteiger partial charge in [-0.25, -0.2) is 0 Å². The van der Waals surface area contributed by atoms with Gasteiger partial charge in [0.15, 0.2) is 0 Å². The van der Waals surface area contributed by atoms with Crippen molar-refractivity contribution in [3.63, 3.8) is 0 Å². The zero-order valence-electron chi connectivity index (χ0n) is 15.2. The van der Waals surface area contributed by atoms with Crippen molar-refractivity contribution in [1.29, 1.82) is 0 Å². The van der Waals surface area contributed by atoms with Crippen LogP contribution in [-0.2, 0) is 16.1 Å². The number of piperidine rings is 1. The quantitative estimate of drug-likeness (QED) is 0.897. The first-order chi connectivity index (χ1) is 12.6. The van der Waals surface area contributed by atoms with E-state index >= 15 is 0 Å². The Labute approximate surface area is 153 Å². The Hall–Kier alpha value is -2.76. The number of hydrogen-bond donors (Lipinski definition) is 1. The third-order valence-electron chi connectivity index (χ3n) is 4.98. The maximum atomic E-state index is 12.9. The van der Waals surface area contributed by atoms with Crippen LogP contribution in [0.3, 0.4) is 0 Å². The number of nitrogens with zero attached hydrogens (tertiary/aromatic N) is 3. The molecule has 1 aliphatic rings. The predicted octanol–water partition coefficient (Wildman–Crippen LogP) is 2.40. The second-order valence-corrected chi connectivity index (χ2v) is 6.54. The number of nitrogens with one attached hydrogen (secondary N) is 1. The molecule has 26 heavy (non-hydrogen) atoms. The number of likely N-dealkylation sites (tertiary alicyclic amines) is 1. The molecule has 3 heterocycles. The molecule has 1 N–H and O–H groups in total. The van der Waals surface area contributed by atoms with E-state index in [1.807, 2.05) is 38.1 Å². The largest absolute Gasteiger partial charge is 0.350 e. The number of amides is 2. The lowest BCUT2D eigenvalue weighted by Crippen LogP contribution is -2.47. The van der Waals surface area contributed by atoms with Crippen LogP contribution in [0.15, 0.2) is 42.9 Å². The minimum atomic E-state index is -0.279. The number of pyridine rings is 2. The van der Waals surface area contributed by atoms with Crippen LogP contribution in [0.1, 0.15) is 42.6 Å². The van der Waals surface area contributed by atoms with Crippen LogP contribution in [0.2, 0.25) is 0 Å². The van der Waals surface area contributed by atoms with Gasteiger partial charge in [-0.2, -0.15) is 0 Å². The van der Waals surface area contributed by atoms with Crippen LogP contribution in [0.25, 0.3) is 0 Å². The minimum Gasteiger partial charge on any atom is -0.350 e. The van der Waals surface area contributed by atoms with E-state index in [0.29, 0.717) is 25.9 Å². The number of carbonyl (C=O) groups excluding carboxylic acids is 2. The van der Waals surface area contributed by atoms with Crippen molar-refractivity contribution >= 4 is 11.8 Å². The number of rotatable bonds is 5. The standard InChI is InChI=1S/C20H24N4O2/c1-3-24-18(25)7-6-16(19(24)15-8-11-21-12-9-15)20(26)23-13-17-14(2)5-4-10-22-17/h4-5,8-12,16,19H,3,6-7,13H2,1-2H3,(H,23,26)/t16-,19+/m0/s1. The van der Waals surface area contributed by atoms with Gasteiger partial charge < -0.3 is 10.2 Å². The Morgan fingerprint density at radius 3 is 2.73 bits per heavy atom. The molecule has 2 amide bonds. The third-order valence-corrected chi connectivity index (χ3v) is 4.98.